The SMILES string of the molecule is CC(O)C1CCCN(C(=O)c2cc3c(ccc4ccccc43)[nH]2)C1. The number of H-pyrrole nitrogens is 1. The number of nitrogens with zero attached hydrogens (tertiary/aromatic N) is 1. The van der Waals surface area contributed by atoms with Crippen molar-refractivity contribution in [2.24, 2.45) is 5.92 Å². The van der Waals surface area contributed by atoms with Gasteiger partial charge in [0.25, 0.3) is 5.91 Å². The molecule has 1 aromatic heterocycles. The molecule has 0 bridgehead atoms. The third-order valence-corrected chi connectivity index (χ3v) is 5.19. The zero-order valence-electron chi connectivity index (χ0n) is 13.8. The maximum absolute atomic E-state index is 12.9. The molecule has 1 fully saturated rings. The van der Waals surface area contributed by atoms with Crippen molar-refractivity contribution in [2.75, 3.05) is 13.1 Å². The second kappa shape index (κ2) is 5.95. The van der Waals surface area contributed by atoms with Gasteiger partial charge in [0.15, 0.2) is 0 Å². The van der Waals surface area contributed by atoms with Crippen LogP contribution >= 0.6 is 0 Å². The van der Waals surface area contributed by atoms with Crippen molar-refractivity contribution in [3.63, 3.8) is 0 Å². The highest BCUT2D eigenvalue weighted by Gasteiger charge is 2.27. The second-order valence-electron chi connectivity index (χ2n) is 6.83. The fourth-order valence-corrected chi connectivity index (χ4v) is 3.76. The quantitative estimate of drug-likeness (QED) is 0.758. The van der Waals surface area contributed by atoms with Gasteiger partial charge in [0.2, 0.25) is 0 Å². The van der Waals surface area contributed by atoms with E-state index >= 15 is 0 Å². The van der Waals surface area contributed by atoms with Gasteiger partial charge in [-0.25, -0.2) is 0 Å². The molecule has 2 N–H and O–H groups in total. The largest absolute Gasteiger partial charge is 0.393 e. The number of likely N-dealkylation sites (tertiary alicyclic amines) is 1. The molecule has 4 heteroatoms. The number of aliphatic hydroxyl groups excluding tert-OH is 1. The molecule has 0 saturated carbocycles. The van der Waals surface area contributed by atoms with Crippen molar-refractivity contribution >= 4 is 27.6 Å². The van der Waals surface area contributed by atoms with E-state index in [-0.39, 0.29) is 17.9 Å². The Morgan fingerprint density at radius 3 is 2.92 bits per heavy atom. The summed E-state index contributed by atoms with van der Waals surface area (Å²) >= 11 is 0. The summed E-state index contributed by atoms with van der Waals surface area (Å²) in [7, 11) is 0. The number of nitrogens with one attached hydrogen (secondary N) is 1. The number of fused-ring (bicyclic) bond motifs is 3. The summed E-state index contributed by atoms with van der Waals surface area (Å²) in [6.07, 6.45) is 1.57. The van der Waals surface area contributed by atoms with Crippen LogP contribution in [0.4, 0.5) is 0 Å². The van der Waals surface area contributed by atoms with Crippen LogP contribution in [0.2, 0.25) is 0 Å². The Morgan fingerprint density at radius 2 is 2.08 bits per heavy atom. The molecule has 2 aromatic carbocycles. The van der Waals surface area contributed by atoms with Crippen molar-refractivity contribution in [1.82, 2.24) is 9.88 Å². The first-order valence-corrected chi connectivity index (χ1v) is 8.61. The third-order valence-electron chi connectivity index (χ3n) is 5.19. The van der Waals surface area contributed by atoms with E-state index in [0.29, 0.717) is 12.2 Å². The predicted octanol–water partition coefficient (Wildman–Crippen LogP) is 3.55. The first-order valence-electron chi connectivity index (χ1n) is 8.61. The molecule has 1 amide bonds. The summed E-state index contributed by atoms with van der Waals surface area (Å²) < 4.78 is 0. The lowest BCUT2D eigenvalue weighted by Gasteiger charge is -2.33. The molecule has 4 rings (SSSR count). The van der Waals surface area contributed by atoms with Gasteiger partial charge in [-0.2, -0.15) is 0 Å². The first kappa shape index (κ1) is 15.2. The molecule has 4 nitrogen and oxygen atoms in total. The van der Waals surface area contributed by atoms with Crippen molar-refractivity contribution in [3.05, 3.63) is 48.2 Å². The normalized spacial score (nSPS) is 19.8. The average molecular weight is 322 g/mol. The van der Waals surface area contributed by atoms with Crippen molar-refractivity contribution in [3.8, 4) is 0 Å². The lowest BCUT2D eigenvalue weighted by Crippen LogP contribution is -2.43. The number of aromatic amines is 1. The van der Waals surface area contributed by atoms with Crippen LogP contribution in [0.3, 0.4) is 0 Å². The van der Waals surface area contributed by atoms with E-state index < -0.39 is 0 Å². The number of rotatable bonds is 2. The maximum Gasteiger partial charge on any atom is 0.270 e. The highest BCUT2D eigenvalue weighted by Crippen LogP contribution is 2.27. The summed E-state index contributed by atoms with van der Waals surface area (Å²) in [5.41, 5.74) is 1.62. The van der Waals surface area contributed by atoms with Gasteiger partial charge in [-0.05, 0) is 42.7 Å². The molecule has 0 radical (unpaired) electrons. The zero-order valence-corrected chi connectivity index (χ0v) is 13.8. The standard InChI is InChI=1S/C20H22N2O2/c1-13(23)15-6-4-10-22(12-15)20(24)19-11-17-16-7-3-2-5-14(16)8-9-18(17)21-19/h2-3,5,7-9,11,13,15,21,23H,4,6,10,12H2,1H3. The molecule has 3 aromatic rings. The Bertz CT molecular complexity index is 897. The molecule has 2 heterocycles. The topological polar surface area (TPSA) is 56.3 Å². The number of hydrogen-bond donors (Lipinski definition) is 2. The number of hydrogen-bond acceptors (Lipinski definition) is 2. The Morgan fingerprint density at radius 1 is 1.25 bits per heavy atom. The zero-order chi connectivity index (χ0) is 16.7. The fourth-order valence-electron chi connectivity index (χ4n) is 3.76. The first-order chi connectivity index (χ1) is 11.6. The molecule has 1 aliphatic heterocycles. The molecule has 2 unspecified atom stereocenters. The van der Waals surface area contributed by atoms with Gasteiger partial charge in [-0.15, -0.1) is 0 Å². The monoisotopic (exact) mass is 322 g/mol. The van der Waals surface area contributed by atoms with Gasteiger partial charge in [0.1, 0.15) is 5.69 Å². The molecule has 0 aliphatic carbocycles. The van der Waals surface area contributed by atoms with E-state index in [4.69, 9.17) is 0 Å². The molecular formula is C20H22N2O2. The van der Waals surface area contributed by atoms with E-state index in [0.717, 1.165) is 35.7 Å². The summed E-state index contributed by atoms with van der Waals surface area (Å²) in [6, 6.07) is 14.3. The minimum Gasteiger partial charge on any atom is -0.393 e. The van der Waals surface area contributed by atoms with Gasteiger partial charge < -0.3 is 15.0 Å². The Labute approximate surface area is 141 Å². The van der Waals surface area contributed by atoms with Crippen LogP contribution in [0.25, 0.3) is 21.7 Å². The molecule has 24 heavy (non-hydrogen) atoms. The number of aliphatic hydroxyl groups is 1. The van der Waals surface area contributed by atoms with Crippen LogP contribution in [-0.4, -0.2) is 40.1 Å². The lowest BCUT2D eigenvalue weighted by atomic mass is 9.93. The van der Waals surface area contributed by atoms with Crippen LogP contribution in [0.15, 0.2) is 42.5 Å². The number of aromatic nitrogens is 1. The van der Waals surface area contributed by atoms with Crippen LogP contribution in [0, 0.1) is 5.92 Å². The van der Waals surface area contributed by atoms with Gasteiger partial charge in [-0.1, -0.05) is 30.3 Å². The van der Waals surface area contributed by atoms with Crippen molar-refractivity contribution < 1.29 is 9.90 Å². The van der Waals surface area contributed by atoms with E-state index in [1.54, 1.807) is 0 Å². The smallest absolute Gasteiger partial charge is 0.270 e. The Hall–Kier alpha value is -2.33. The second-order valence-corrected chi connectivity index (χ2v) is 6.83. The molecule has 1 saturated heterocycles. The molecule has 124 valence electrons. The van der Waals surface area contributed by atoms with E-state index in [9.17, 15) is 9.90 Å². The molecule has 0 spiro atoms. The Balaban J connectivity index is 1.68. The average Bonchev–Trinajstić information content (AvgIpc) is 3.06. The number of carbonyl (C=O) groups excluding carboxylic acids is 1. The lowest BCUT2D eigenvalue weighted by molar-refractivity contribution is 0.0462. The van der Waals surface area contributed by atoms with Gasteiger partial charge >= 0.3 is 0 Å². The summed E-state index contributed by atoms with van der Waals surface area (Å²) in [5.74, 6) is 0.202. The number of benzene rings is 2. The van der Waals surface area contributed by atoms with E-state index in [2.05, 4.69) is 23.2 Å². The van der Waals surface area contributed by atoms with E-state index in [1.165, 1.54) is 5.39 Å². The highest BCUT2D eigenvalue weighted by atomic mass is 16.3. The highest BCUT2D eigenvalue weighted by molar-refractivity contribution is 6.09. The summed E-state index contributed by atoms with van der Waals surface area (Å²) in [6.45, 7) is 3.21. The fraction of sp³-hybridized carbons (Fsp3) is 0.350. The minimum atomic E-state index is -0.368. The van der Waals surface area contributed by atoms with Crippen LogP contribution < -0.4 is 0 Å². The predicted molar refractivity (Wildman–Crippen MR) is 96.1 cm³/mol. The van der Waals surface area contributed by atoms with Gasteiger partial charge in [-0.3, -0.25) is 4.79 Å². The van der Waals surface area contributed by atoms with Crippen molar-refractivity contribution in [2.45, 2.75) is 25.9 Å². The molecular weight excluding hydrogens is 300 g/mol. The van der Waals surface area contributed by atoms with Crippen LogP contribution in [0.5, 0.6) is 0 Å². The molecule has 1 aliphatic rings. The Kier molecular flexibility index (Phi) is 3.77. The number of piperidine rings is 1. The summed E-state index contributed by atoms with van der Waals surface area (Å²) in [4.78, 5) is 18.0. The number of carbonyl (C=O) groups is 1. The maximum atomic E-state index is 12.9. The van der Waals surface area contributed by atoms with Crippen molar-refractivity contribution in [1.29, 1.82) is 0 Å². The van der Waals surface area contributed by atoms with Gasteiger partial charge in [0, 0.05) is 29.9 Å². The third kappa shape index (κ3) is 2.57. The van der Waals surface area contributed by atoms with E-state index in [1.807, 2.05) is 36.1 Å². The van der Waals surface area contributed by atoms with Gasteiger partial charge in [0.05, 0.1) is 6.10 Å². The molecule has 2 atom stereocenters. The van der Waals surface area contributed by atoms with Crippen LogP contribution in [-0.2, 0) is 0 Å². The number of amides is 1. The summed E-state index contributed by atoms with van der Waals surface area (Å²) in [5, 5.41) is 13.3. The van der Waals surface area contributed by atoms with Crippen LogP contribution in [0.1, 0.15) is 30.3 Å². The minimum absolute atomic E-state index is 0.0284.